The van der Waals surface area contributed by atoms with Crippen LogP contribution in [0.4, 0.5) is 0 Å². The molecule has 0 aliphatic carbocycles. The lowest BCUT2D eigenvalue weighted by molar-refractivity contribution is -0.127. The lowest BCUT2D eigenvalue weighted by atomic mass is 10.2. The van der Waals surface area contributed by atoms with Gasteiger partial charge in [0, 0.05) is 36.1 Å². The quantitative estimate of drug-likeness (QED) is 0.905. The molecule has 1 aliphatic rings. The van der Waals surface area contributed by atoms with E-state index in [1.807, 2.05) is 12.1 Å². The minimum absolute atomic E-state index is 0.0559. The number of halogens is 1. The Morgan fingerprint density at radius 3 is 2.83 bits per heavy atom. The highest BCUT2D eigenvalue weighted by Crippen LogP contribution is 2.13. The minimum Gasteiger partial charge on any atom is -0.347 e. The largest absolute Gasteiger partial charge is 0.347 e. The highest BCUT2D eigenvalue weighted by atomic mass is 79.9. The average Bonchev–Trinajstić information content (AvgIpc) is 2.77. The number of rotatable bonds is 2. The van der Waals surface area contributed by atoms with Crippen LogP contribution in [0.2, 0.25) is 0 Å². The first-order chi connectivity index (χ1) is 8.56. The Hall–Kier alpha value is -1.36. The molecule has 1 saturated heterocycles. The van der Waals surface area contributed by atoms with Gasteiger partial charge in [-0.15, -0.1) is 0 Å². The molecular weight excluding hydrogens is 296 g/mol. The second kappa shape index (κ2) is 5.52. The van der Waals surface area contributed by atoms with Crippen molar-refractivity contribution in [1.29, 1.82) is 0 Å². The summed E-state index contributed by atoms with van der Waals surface area (Å²) < 4.78 is 0.881. The first-order valence-corrected chi connectivity index (χ1v) is 6.67. The Morgan fingerprint density at radius 2 is 2.22 bits per heavy atom. The van der Waals surface area contributed by atoms with E-state index in [0.717, 1.165) is 17.4 Å². The van der Waals surface area contributed by atoms with Crippen LogP contribution in [0.5, 0.6) is 0 Å². The van der Waals surface area contributed by atoms with Crippen molar-refractivity contribution in [2.75, 3.05) is 13.1 Å². The molecule has 0 aromatic heterocycles. The van der Waals surface area contributed by atoms with Crippen LogP contribution in [0, 0.1) is 0 Å². The number of carbonyl (C=O) groups is 2. The molecule has 2 rings (SSSR count). The minimum atomic E-state index is -0.0910. The Labute approximate surface area is 114 Å². The number of benzene rings is 1. The van der Waals surface area contributed by atoms with Gasteiger partial charge >= 0.3 is 0 Å². The summed E-state index contributed by atoms with van der Waals surface area (Å²) in [5.41, 5.74) is 0.630. The maximum atomic E-state index is 12.0. The van der Waals surface area contributed by atoms with Crippen LogP contribution in [0.1, 0.15) is 23.7 Å². The summed E-state index contributed by atoms with van der Waals surface area (Å²) in [4.78, 5) is 24.9. The van der Waals surface area contributed by atoms with Crippen LogP contribution in [0.3, 0.4) is 0 Å². The highest BCUT2D eigenvalue weighted by Gasteiger charge is 2.25. The van der Waals surface area contributed by atoms with Crippen LogP contribution in [0.25, 0.3) is 0 Å². The molecule has 2 amide bonds. The topological polar surface area (TPSA) is 49.4 Å². The smallest absolute Gasteiger partial charge is 0.251 e. The number of likely N-dealkylation sites (tertiary alicyclic amines) is 1. The van der Waals surface area contributed by atoms with Crippen LogP contribution in [0.15, 0.2) is 28.7 Å². The zero-order valence-corrected chi connectivity index (χ0v) is 11.7. The highest BCUT2D eigenvalue weighted by molar-refractivity contribution is 9.10. The molecule has 1 heterocycles. The summed E-state index contributed by atoms with van der Waals surface area (Å²) in [5, 5.41) is 2.95. The van der Waals surface area contributed by atoms with Crippen molar-refractivity contribution in [3.63, 3.8) is 0 Å². The Bertz CT molecular complexity index is 476. The van der Waals surface area contributed by atoms with Crippen molar-refractivity contribution in [2.24, 2.45) is 0 Å². The van der Waals surface area contributed by atoms with E-state index >= 15 is 0 Å². The van der Waals surface area contributed by atoms with E-state index in [-0.39, 0.29) is 17.9 Å². The molecule has 4 nitrogen and oxygen atoms in total. The molecule has 0 saturated carbocycles. The summed E-state index contributed by atoms with van der Waals surface area (Å²) in [6, 6.07) is 7.32. The zero-order valence-electron chi connectivity index (χ0n) is 10.1. The van der Waals surface area contributed by atoms with Gasteiger partial charge in [-0.3, -0.25) is 9.59 Å². The molecular formula is C13H15BrN2O2. The van der Waals surface area contributed by atoms with Crippen molar-refractivity contribution in [1.82, 2.24) is 10.2 Å². The SMILES string of the molecule is CC(=O)N1CCC(NC(=O)c2cccc(Br)c2)C1. The summed E-state index contributed by atoms with van der Waals surface area (Å²) in [7, 11) is 0. The summed E-state index contributed by atoms with van der Waals surface area (Å²) in [6.45, 7) is 2.88. The van der Waals surface area contributed by atoms with Crippen LogP contribution in [-0.4, -0.2) is 35.8 Å². The van der Waals surface area contributed by atoms with E-state index in [4.69, 9.17) is 0 Å². The van der Waals surface area contributed by atoms with Gasteiger partial charge in [0.1, 0.15) is 0 Å². The molecule has 0 radical (unpaired) electrons. The van der Waals surface area contributed by atoms with Gasteiger partial charge in [0.15, 0.2) is 0 Å². The van der Waals surface area contributed by atoms with E-state index in [1.54, 1.807) is 24.0 Å². The molecule has 1 atom stereocenters. The van der Waals surface area contributed by atoms with Crippen molar-refractivity contribution in [3.05, 3.63) is 34.3 Å². The van der Waals surface area contributed by atoms with Crippen LogP contribution < -0.4 is 5.32 Å². The molecule has 5 heteroatoms. The number of hydrogen-bond acceptors (Lipinski definition) is 2. The predicted octanol–water partition coefficient (Wildman–Crippen LogP) is 1.80. The zero-order chi connectivity index (χ0) is 13.1. The van der Waals surface area contributed by atoms with E-state index in [0.29, 0.717) is 12.1 Å². The fourth-order valence-electron chi connectivity index (χ4n) is 2.06. The fraction of sp³-hybridized carbons (Fsp3) is 0.385. The maximum Gasteiger partial charge on any atom is 0.251 e. The molecule has 1 aliphatic heterocycles. The second-order valence-electron chi connectivity index (χ2n) is 4.43. The summed E-state index contributed by atoms with van der Waals surface area (Å²) in [5.74, 6) is -0.0269. The van der Waals surface area contributed by atoms with E-state index in [1.165, 1.54) is 0 Å². The van der Waals surface area contributed by atoms with Crippen molar-refractivity contribution in [2.45, 2.75) is 19.4 Å². The van der Waals surface area contributed by atoms with Gasteiger partial charge in [0.2, 0.25) is 5.91 Å². The molecule has 0 spiro atoms. The lowest BCUT2D eigenvalue weighted by Gasteiger charge is -2.15. The van der Waals surface area contributed by atoms with Gasteiger partial charge < -0.3 is 10.2 Å². The lowest BCUT2D eigenvalue weighted by Crippen LogP contribution is -2.37. The third-order valence-electron chi connectivity index (χ3n) is 3.06. The predicted molar refractivity (Wildman–Crippen MR) is 72.3 cm³/mol. The third kappa shape index (κ3) is 3.10. The molecule has 1 N–H and O–H groups in total. The van der Waals surface area contributed by atoms with Crippen LogP contribution in [-0.2, 0) is 4.79 Å². The number of nitrogens with one attached hydrogen (secondary N) is 1. The normalized spacial score (nSPS) is 18.8. The first-order valence-electron chi connectivity index (χ1n) is 5.88. The summed E-state index contributed by atoms with van der Waals surface area (Å²) in [6.07, 6.45) is 0.819. The van der Waals surface area contributed by atoms with Crippen molar-refractivity contribution >= 4 is 27.7 Å². The number of carbonyl (C=O) groups excluding carboxylic acids is 2. The van der Waals surface area contributed by atoms with Gasteiger partial charge in [-0.1, -0.05) is 22.0 Å². The standard InChI is InChI=1S/C13H15BrN2O2/c1-9(17)16-6-5-12(8-16)15-13(18)10-3-2-4-11(14)7-10/h2-4,7,12H,5-6,8H2,1H3,(H,15,18). The second-order valence-corrected chi connectivity index (χ2v) is 5.35. The van der Waals surface area contributed by atoms with Crippen LogP contribution >= 0.6 is 15.9 Å². The van der Waals surface area contributed by atoms with Crippen molar-refractivity contribution < 1.29 is 9.59 Å². The van der Waals surface area contributed by atoms with Gasteiger partial charge in [-0.05, 0) is 24.6 Å². The fourth-order valence-corrected chi connectivity index (χ4v) is 2.46. The molecule has 96 valence electrons. The van der Waals surface area contributed by atoms with Crippen molar-refractivity contribution in [3.8, 4) is 0 Å². The van der Waals surface area contributed by atoms with Gasteiger partial charge in [-0.2, -0.15) is 0 Å². The van der Waals surface area contributed by atoms with E-state index in [9.17, 15) is 9.59 Å². The van der Waals surface area contributed by atoms with Gasteiger partial charge in [0.25, 0.3) is 5.91 Å². The molecule has 1 unspecified atom stereocenters. The number of amides is 2. The molecule has 1 aromatic rings. The van der Waals surface area contributed by atoms with Gasteiger partial charge in [0.05, 0.1) is 0 Å². The Kier molecular flexibility index (Phi) is 4.01. The van der Waals surface area contributed by atoms with E-state index < -0.39 is 0 Å². The Balaban J connectivity index is 1.95. The third-order valence-corrected chi connectivity index (χ3v) is 3.55. The summed E-state index contributed by atoms with van der Waals surface area (Å²) >= 11 is 3.34. The number of hydrogen-bond donors (Lipinski definition) is 1. The molecule has 1 aromatic carbocycles. The average molecular weight is 311 g/mol. The monoisotopic (exact) mass is 310 g/mol. The first kappa shape index (κ1) is 13.1. The molecule has 18 heavy (non-hydrogen) atoms. The van der Waals surface area contributed by atoms with E-state index in [2.05, 4.69) is 21.2 Å². The molecule has 0 bridgehead atoms. The maximum absolute atomic E-state index is 12.0. The molecule has 1 fully saturated rings. The number of nitrogens with zero attached hydrogens (tertiary/aromatic N) is 1. The Morgan fingerprint density at radius 1 is 1.44 bits per heavy atom. The van der Waals surface area contributed by atoms with Gasteiger partial charge in [-0.25, -0.2) is 0 Å².